The molecule has 2 amide bonds. The first-order valence-electron chi connectivity index (χ1n) is 9.05. The Morgan fingerprint density at radius 1 is 1.07 bits per heavy atom. The highest BCUT2D eigenvalue weighted by Gasteiger charge is 2.08. The van der Waals surface area contributed by atoms with Crippen LogP contribution in [-0.4, -0.2) is 23.1 Å². The SMILES string of the molecule is CCCNC(=O)Nc1cccc(OC(=O)CCn2ccc3ccccc32)c1. The first kappa shape index (κ1) is 18.5. The van der Waals surface area contributed by atoms with Crippen molar-refractivity contribution in [3.8, 4) is 5.75 Å². The van der Waals surface area contributed by atoms with Crippen LogP contribution in [0.25, 0.3) is 10.9 Å². The molecule has 0 unspecified atom stereocenters. The average Bonchev–Trinajstić information content (AvgIpc) is 3.08. The molecule has 0 atom stereocenters. The van der Waals surface area contributed by atoms with Gasteiger partial charge in [0.1, 0.15) is 5.75 Å². The highest BCUT2D eigenvalue weighted by molar-refractivity contribution is 5.89. The van der Waals surface area contributed by atoms with E-state index in [-0.39, 0.29) is 18.4 Å². The first-order valence-corrected chi connectivity index (χ1v) is 9.05. The number of esters is 1. The molecule has 27 heavy (non-hydrogen) atoms. The molecule has 0 fully saturated rings. The lowest BCUT2D eigenvalue weighted by Crippen LogP contribution is -2.29. The van der Waals surface area contributed by atoms with Crippen molar-refractivity contribution in [2.75, 3.05) is 11.9 Å². The van der Waals surface area contributed by atoms with E-state index in [0.29, 0.717) is 24.5 Å². The molecule has 0 spiro atoms. The van der Waals surface area contributed by atoms with E-state index >= 15 is 0 Å². The number of urea groups is 1. The van der Waals surface area contributed by atoms with Gasteiger partial charge in [0, 0.05) is 36.6 Å². The molecule has 140 valence electrons. The Morgan fingerprint density at radius 2 is 1.93 bits per heavy atom. The van der Waals surface area contributed by atoms with Crippen LogP contribution in [0.4, 0.5) is 10.5 Å². The van der Waals surface area contributed by atoms with Gasteiger partial charge in [0.25, 0.3) is 0 Å². The molecule has 0 bridgehead atoms. The number of hydrogen-bond donors (Lipinski definition) is 2. The lowest BCUT2D eigenvalue weighted by Gasteiger charge is -2.09. The second kappa shape index (κ2) is 8.89. The summed E-state index contributed by atoms with van der Waals surface area (Å²) < 4.78 is 7.44. The van der Waals surface area contributed by atoms with Crippen molar-refractivity contribution in [1.29, 1.82) is 0 Å². The fourth-order valence-corrected chi connectivity index (χ4v) is 2.78. The van der Waals surface area contributed by atoms with Crippen LogP contribution in [0.3, 0.4) is 0 Å². The second-order valence-electron chi connectivity index (χ2n) is 6.20. The maximum Gasteiger partial charge on any atom is 0.319 e. The van der Waals surface area contributed by atoms with Gasteiger partial charge in [-0.05, 0) is 36.1 Å². The Bertz CT molecular complexity index is 933. The molecule has 0 radical (unpaired) electrons. The monoisotopic (exact) mass is 365 g/mol. The van der Waals surface area contributed by atoms with Crippen molar-refractivity contribution in [3.05, 3.63) is 60.8 Å². The number of hydrogen-bond acceptors (Lipinski definition) is 3. The molecule has 0 aliphatic carbocycles. The van der Waals surface area contributed by atoms with Crippen LogP contribution in [-0.2, 0) is 11.3 Å². The molecule has 3 aromatic rings. The van der Waals surface area contributed by atoms with E-state index in [9.17, 15) is 9.59 Å². The number of nitrogens with one attached hydrogen (secondary N) is 2. The second-order valence-corrected chi connectivity index (χ2v) is 6.20. The van der Waals surface area contributed by atoms with Crippen LogP contribution in [0.5, 0.6) is 5.75 Å². The number of ether oxygens (including phenoxy) is 1. The fraction of sp³-hybridized carbons (Fsp3) is 0.238. The summed E-state index contributed by atoms with van der Waals surface area (Å²) in [6.45, 7) is 3.13. The van der Waals surface area contributed by atoms with Crippen molar-refractivity contribution in [2.24, 2.45) is 0 Å². The maximum absolute atomic E-state index is 12.2. The van der Waals surface area contributed by atoms with Gasteiger partial charge in [-0.3, -0.25) is 4.79 Å². The minimum Gasteiger partial charge on any atom is -0.426 e. The summed E-state index contributed by atoms with van der Waals surface area (Å²) in [6.07, 6.45) is 3.09. The third-order valence-electron chi connectivity index (χ3n) is 4.10. The molecule has 2 aromatic carbocycles. The smallest absolute Gasteiger partial charge is 0.319 e. The molecule has 2 N–H and O–H groups in total. The average molecular weight is 365 g/mol. The summed E-state index contributed by atoms with van der Waals surface area (Å²) in [6, 6.07) is 16.6. The summed E-state index contributed by atoms with van der Waals surface area (Å²) in [7, 11) is 0. The number of carbonyl (C=O) groups is 2. The number of anilines is 1. The van der Waals surface area contributed by atoms with Gasteiger partial charge in [0.2, 0.25) is 0 Å². The van der Waals surface area contributed by atoms with E-state index in [2.05, 4.69) is 10.6 Å². The summed E-state index contributed by atoms with van der Waals surface area (Å²) in [5.74, 6) is 0.0889. The molecule has 6 nitrogen and oxygen atoms in total. The molecule has 0 aliphatic heterocycles. The summed E-state index contributed by atoms with van der Waals surface area (Å²) in [4.78, 5) is 23.9. The summed E-state index contributed by atoms with van der Waals surface area (Å²) in [5, 5.41) is 6.59. The first-order chi connectivity index (χ1) is 13.2. The molecule has 0 aliphatic rings. The topological polar surface area (TPSA) is 72.4 Å². The van der Waals surface area contributed by atoms with Crippen LogP contribution < -0.4 is 15.4 Å². The van der Waals surface area contributed by atoms with Gasteiger partial charge >= 0.3 is 12.0 Å². The predicted octanol–water partition coefficient (Wildman–Crippen LogP) is 4.17. The molecule has 1 aromatic heterocycles. The van der Waals surface area contributed by atoms with Crippen molar-refractivity contribution in [3.63, 3.8) is 0 Å². The van der Waals surface area contributed by atoms with E-state index in [1.54, 1.807) is 24.3 Å². The lowest BCUT2D eigenvalue weighted by molar-refractivity contribution is -0.134. The van der Waals surface area contributed by atoms with Gasteiger partial charge in [0.15, 0.2) is 0 Å². The zero-order chi connectivity index (χ0) is 19.1. The maximum atomic E-state index is 12.2. The Morgan fingerprint density at radius 3 is 2.78 bits per heavy atom. The van der Waals surface area contributed by atoms with Gasteiger partial charge in [-0.15, -0.1) is 0 Å². The van der Waals surface area contributed by atoms with Crippen LogP contribution in [0.1, 0.15) is 19.8 Å². The number of para-hydroxylation sites is 1. The van der Waals surface area contributed by atoms with Crippen molar-refractivity contribution in [2.45, 2.75) is 26.3 Å². The molecule has 1 heterocycles. The Labute approximate surface area is 158 Å². The van der Waals surface area contributed by atoms with Gasteiger partial charge in [-0.25, -0.2) is 4.79 Å². The van der Waals surface area contributed by atoms with Crippen LogP contribution in [0.15, 0.2) is 60.8 Å². The van der Waals surface area contributed by atoms with Crippen LogP contribution in [0, 0.1) is 0 Å². The number of carbonyl (C=O) groups excluding carboxylic acids is 2. The number of nitrogens with zero attached hydrogens (tertiary/aromatic N) is 1. The standard InChI is InChI=1S/C21H23N3O3/c1-2-12-22-21(26)23-17-7-5-8-18(15-17)27-20(25)11-14-24-13-10-16-6-3-4-9-19(16)24/h3-10,13,15H,2,11-12,14H2,1H3,(H2,22,23,26). The number of fused-ring (bicyclic) bond motifs is 1. The van der Waals surface area contributed by atoms with Crippen molar-refractivity contribution < 1.29 is 14.3 Å². The molecule has 3 rings (SSSR count). The number of amides is 2. The number of rotatable bonds is 7. The van der Waals surface area contributed by atoms with Crippen molar-refractivity contribution >= 4 is 28.6 Å². The molecule has 0 saturated heterocycles. The normalized spacial score (nSPS) is 10.6. The zero-order valence-electron chi connectivity index (χ0n) is 15.3. The van der Waals surface area contributed by atoms with Gasteiger partial charge in [-0.1, -0.05) is 31.2 Å². The van der Waals surface area contributed by atoms with Crippen LogP contribution in [0.2, 0.25) is 0 Å². The van der Waals surface area contributed by atoms with Gasteiger partial charge in [-0.2, -0.15) is 0 Å². The third kappa shape index (κ3) is 5.10. The largest absolute Gasteiger partial charge is 0.426 e. The summed E-state index contributed by atoms with van der Waals surface area (Å²) in [5.41, 5.74) is 1.67. The molecule has 6 heteroatoms. The Kier molecular flexibility index (Phi) is 6.10. The molecular formula is C21H23N3O3. The van der Waals surface area contributed by atoms with E-state index < -0.39 is 0 Å². The van der Waals surface area contributed by atoms with E-state index in [1.807, 2.05) is 48.0 Å². The van der Waals surface area contributed by atoms with Crippen molar-refractivity contribution in [1.82, 2.24) is 9.88 Å². The predicted molar refractivity (Wildman–Crippen MR) is 106 cm³/mol. The lowest BCUT2D eigenvalue weighted by atomic mass is 10.2. The summed E-state index contributed by atoms with van der Waals surface area (Å²) >= 11 is 0. The third-order valence-corrected chi connectivity index (χ3v) is 4.10. The van der Waals surface area contributed by atoms with E-state index in [1.165, 1.54) is 0 Å². The number of aryl methyl sites for hydroxylation is 1. The Balaban J connectivity index is 1.54. The minimum absolute atomic E-state index is 0.257. The van der Waals surface area contributed by atoms with Gasteiger partial charge < -0.3 is 19.9 Å². The van der Waals surface area contributed by atoms with Crippen LogP contribution >= 0.6 is 0 Å². The quantitative estimate of drug-likeness (QED) is 0.488. The molecule has 0 saturated carbocycles. The zero-order valence-corrected chi connectivity index (χ0v) is 15.3. The highest BCUT2D eigenvalue weighted by Crippen LogP contribution is 2.19. The van der Waals surface area contributed by atoms with E-state index in [0.717, 1.165) is 17.3 Å². The number of benzene rings is 2. The fourth-order valence-electron chi connectivity index (χ4n) is 2.78. The minimum atomic E-state index is -0.319. The van der Waals surface area contributed by atoms with E-state index in [4.69, 9.17) is 4.74 Å². The highest BCUT2D eigenvalue weighted by atomic mass is 16.5. The Hall–Kier alpha value is -3.28. The van der Waals surface area contributed by atoms with Gasteiger partial charge in [0.05, 0.1) is 6.42 Å². The molecular weight excluding hydrogens is 342 g/mol. The number of aromatic nitrogens is 1.